The molecule has 0 bridgehead atoms. The smallest absolute Gasteiger partial charge is 0.213 e. The molecule has 1 fully saturated rings. The predicted molar refractivity (Wildman–Crippen MR) is 69.4 cm³/mol. The summed E-state index contributed by atoms with van der Waals surface area (Å²) in [6.45, 7) is 8.68. The molecule has 0 amide bonds. The average Bonchev–Trinajstić information content (AvgIpc) is 2.32. The fourth-order valence-corrected chi connectivity index (χ4v) is 2.17. The van der Waals surface area contributed by atoms with Crippen LogP contribution >= 0.6 is 0 Å². The summed E-state index contributed by atoms with van der Waals surface area (Å²) in [5.74, 6) is 1.84. The van der Waals surface area contributed by atoms with Crippen molar-refractivity contribution in [2.24, 2.45) is 5.92 Å². The molecule has 3 nitrogen and oxygen atoms in total. The number of piperidine rings is 1. The second-order valence-corrected chi connectivity index (χ2v) is 5.21. The minimum absolute atomic E-state index is 0.297. The summed E-state index contributed by atoms with van der Waals surface area (Å²) in [5, 5.41) is 3.38. The third-order valence-electron chi connectivity index (χ3n) is 3.40. The molecule has 0 aromatic carbocycles. The molecule has 3 heteroatoms. The molecule has 1 aliphatic heterocycles. The Morgan fingerprint density at radius 3 is 3.00 bits per heavy atom. The van der Waals surface area contributed by atoms with Gasteiger partial charge in [0.25, 0.3) is 0 Å². The molecular formula is C14H22N2O. The van der Waals surface area contributed by atoms with Crippen molar-refractivity contribution in [3.63, 3.8) is 0 Å². The molecule has 1 saturated heterocycles. The fraction of sp³-hybridized carbons (Fsp3) is 0.643. The first-order chi connectivity index (χ1) is 8.16. The summed E-state index contributed by atoms with van der Waals surface area (Å²) >= 11 is 0. The Bertz CT molecular complexity index is 365. The highest BCUT2D eigenvalue weighted by Crippen LogP contribution is 2.21. The van der Waals surface area contributed by atoms with E-state index in [1.165, 1.54) is 5.56 Å². The van der Waals surface area contributed by atoms with E-state index in [1.807, 2.05) is 6.20 Å². The second kappa shape index (κ2) is 5.50. The molecule has 2 heterocycles. The van der Waals surface area contributed by atoms with Crippen LogP contribution in [0.25, 0.3) is 0 Å². The van der Waals surface area contributed by atoms with E-state index in [-0.39, 0.29) is 0 Å². The number of aromatic nitrogens is 1. The minimum atomic E-state index is 0.297. The molecule has 0 aliphatic carbocycles. The Labute approximate surface area is 104 Å². The standard InChI is InChI=1S/C14H22N2O/c1-10(2)12-4-7-16-14(8-12)17-13-5-6-15-9-11(13)3/h4,7-8,10-11,13,15H,5-6,9H2,1-3H3/t11-,13+/m0/s1. The second-order valence-electron chi connectivity index (χ2n) is 5.21. The fourth-order valence-electron chi connectivity index (χ4n) is 2.17. The monoisotopic (exact) mass is 234 g/mol. The first kappa shape index (κ1) is 12.4. The Kier molecular flexibility index (Phi) is 4.00. The van der Waals surface area contributed by atoms with E-state index in [1.54, 1.807) is 0 Å². The molecule has 17 heavy (non-hydrogen) atoms. The maximum Gasteiger partial charge on any atom is 0.213 e. The lowest BCUT2D eigenvalue weighted by molar-refractivity contribution is 0.106. The summed E-state index contributed by atoms with van der Waals surface area (Å²) in [5.41, 5.74) is 1.29. The van der Waals surface area contributed by atoms with Gasteiger partial charge in [0.2, 0.25) is 5.88 Å². The Hall–Kier alpha value is -1.09. The highest BCUT2D eigenvalue weighted by Gasteiger charge is 2.23. The third kappa shape index (κ3) is 3.19. The lowest BCUT2D eigenvalue weighted by Gasteiger charge is -2.29. The van der Waals surface area contributed by atoms with Gasteiger partial charge in [-0.1, -0.05) is 20.8 Å². The highest BCUT2D eigenvalue weighted by atomic mass is 16.5. The molecule has 94 valence electrons. The average molecular weight is 234 g/mol. The summed E-state index contributed by atoms with van der Waals surface area (Å²) in [7, 11) is 0. The topological polar surface area (TPSA) is 34.1 Å². The van der Waals surface area contributed by atoms with Crippen molar-refractivity contribution >= 4 is 0 Å². The molecule has 0 unspecified atom stereocenters. The number of hydrogen-bond donors (Lipinski definition) is 1. The van der Waals surface area contributed by atoms with Gasteiger partial charge >= 0.3 is 0 Å². The predicted octanol–water partition coefficient (Wildman–Crippen LogP) is 2.58. The number of hydrogen-bond acceptors (Lipinski definition) is 3. The quantitative estimate of drug-likeness (QED) is 0.873. The van der Waals surface area contributed by atoms with Crippen molar-refractivity contribution in [2.45, 2.75) is 39.2 Å². The Morgan fingerprint density at radius 2 is 2.29 bits per heavy atom. The zero-order chi connectivity index (χ0) is 12.3. The maximum absolute atomic E-state index is 6.01. The van der Waals surface area contributed by atoms with Crippen LogP contribution in [0.2, 0.25) is 0 Å². The molecule has 2 rings (SSSR count). The van der Waals surface area contributed by atoms with Crippen LogP contribution in [-0.2, 0) is 0 Å². The van der Waals surface area contributed by atoms with Gasteiger partial charge in [-0.3, -0.25) is 0 Å². The first-order valence-electron chi connectivity index (χ1n) is 6.50. The van der Waals surface area contributed by atoms with Crippen molar-refractivity contribution < 1.29 is 4.74 Å². The third-order valence-corrected chi connectivity index (χ3v) is 3.40. The van der Waals surface area contributed by atoms with Gasteiger partial charge in [0.1, 0.15) is 6.10 Å². The zero-order valence-corrected chi connectivity index (χ0v) is 10.9. The van der Waals surface area contributed by atoms with E-state index < -0.39 is 0 Å². The molecule has 1 aromatic rings. The van der Waals surface area contributed by atoms with Gasteiger partial charge in [-0.15, -0.1) is 0 Å². The van der Waals surface area contributed by atoms with Crippen molar-refractivity contribution in [1.82, 2.24) is 10.3 Å². The van der Waals surface area contributed by atoms with Crippen LogP contribution < -0.4 is 10.1 Å². The van der Waals surface area contributed by atoms with E-state index >= 15 is 0 Å². The van der Waals surface area contributed by atoms with Crippen LogP contribution in [0.5, 0.6) is 5.88 Å². The Balaban J connectivity index is 2.04. The van der Waals surface area contributed by atoms with Crippen molar-refractivity contribution in [2.75, 3.05) is 13.1 Å². The molecule has 0 saturated carbocycles. The molecule has 1 aliphatic rings. The number of nitrogens with one attached hydrogen (secondary N) is 1. The molecule has 1 N–H and O–H groups in total. The van der Waals surface area contributed by atoms with Crippen LogP contribution in [0.15, 0.2) is 18.3 Å². The van der Waals surface area contributed by atoms with Crippen LogP contribution in [0.1, 0.15) is 38.7 Å². The Morgan fingerprint density at radius 1 is 1.47 bits per heavy atom. The lowest BCUT2D eigenvalue weighted by Crippen LogP contribution is -2.41. The van der Waals surface area contributed by atoms with Crippen LogP contribution in [0.4, 0.5) is 0 Å². The van der Waals surface area contributed by atoms with Gasteiger partial charge in [0.15, 0.2) is 0 Å². The largest absolute Gasteiger partial charge is 0.474 e. The lowest BCUT2D eigenvalue weighted by atomic mass is 9.98. The van der Waals surface area contributed by atoms with E-state index in [2.05, 4.69) is 43.2 Å². The summed E-state index contributed by atoms with van der Waals surface area (Å²) in [6, 6.07) is 4.13. The van der Waals surface area contributed by atoms with E-state index in [0.717, 1.165) is 25.4 Å². The van der Waals surface area contributed by atoms with Gasteiger partial charge in [-0.2, -0.15) is 0 Å². The zero-order valence-electron chi connectivity index (χ0n) is 10.9. The van der Waals surface area contributed by atoms with Crippen LogP contribution in [-0.4, -0.2) is 24.2 Å². The van der Waals surface area contributed by atoms with E-state index in [0.29, 0.717) is 17.9 Å². The number of ether oxygens (including phenoxy) is 1. The molecule has 0 radical (unpaired) electrons. The number of rotatable bonds is 3. The normalized spacial score (nSPS) is 24.9. The summed E-state index contributed by atoms with van der Waals surface area (Å²) in [4.78, 5) is 4.31. The van der Waals surface area contributed by atoms with Crippen molar-refractivity contribution in [3.8, 4) is 5.88 Å². The van der Waals surface area contributed by atoms with Crippen molar-refractivity contribution in [3.05, 3.63) is 23.9 Å². The molecule has 2 atom stereocenters. The van der Waals surface area contributed by atoms with Crippen LogP contribution in [0, 0.1) is 5.92 Å². The summed E-state index contributed by atoms with van der Waals surface area (Å²) < 4.78 is 6.01. The number of pyridine rings is 1. The first-order valence-corrected chi connectivity index (χ1v) is 6.50. The van der Waals surface area contributed by atoms with Crippen LogP contribution in [0.3, 0.4) is 0 Å². The highest BCUT2D eigenvalue weighted by molar-refractivity contribution is 5.23. The van der Waals surface area contributed by atoms with Gasteiger partial charge in [-0.25, -0.2) is 4.98 Å². The molecule has 0 spiro atoms. The van der Waals surface area contributed by atoms with Gasteiger partial charge < -0.3 is 10.1 Å². The van der Waals surface area contributed by atoms with E-state index in [9.17, 15) is 0 Å². The SMILES string of the molecule is CC(C)c1ccnc(O[C@@H]2CCNC[C@@H]2C)c1. The molecule has 1 aromatic heterocycles. The number of nitrogens with zero attached hydrogens (tertiary/aromatic N) is 1. The van der Waals surface area contributed by atoms with E-state index in [4.69, 9.17) is 4.74 Å². The summed E-state index contributed by atoms with van der Waals surface area (Å²) in [6.07, 6.45) is 3.21. The maximum atomic E-state index is 6.01. The van der Waals surface area contributed by atoms with Gasteiger partial charge in [-0.05, 0) is 30.5 Å². The molecular weight excluding hydrogens is 212 g/mol. The minimum Gasteiger partial charge on any atom is -0.474 e. The van der Waals surface area contributed by atoms with Gasteiger partial charge in [0, 0.05) is 24.7 Å². The van der Waals surface area contributed by atoms with Crippen molar-refractivity contribution in [1.29, 1.82) is 0 Å². The van der Waals surface area contributed by atoms with Gasteiger partial charge in [0.05, 0.1) is 0 Å².